The summed E-state index contributed by atoms with van der Waals surface area (Å²) in [4.78, 5) is 11.1. The van der Waals surface area contributed by atoms with Gasteiger partial charge in [-0.3, -0.25) is 4.79 Å². The second-order valence-electron chi connectivity index (χ2n) is 5.81. The van der Waals surface area contributed by atoms with E-state index < -0.39 is 0 Å². The molecule has 2 rings (SSSR count). The molecule has 1 aromatic rings. The molecule has 0 heterocycles. The van der Waals surface area contributed by atoms with Crippen LogP contribution in [-0.2, 0) is 4.79 Å². The van der Waals surface area contributed by atoms with Crippen molar-refractivity contribution in [2.45, 2.75) is 52.1 Å². The zero-order chi connectivity index (χ0) is 13.8. The van der Waals surface area contributed by atoms with Crippen LogP contribution in [0.4, 0.5) is 5.69 Å². The molecule has 0 saturated heterocycles. The molecule has 0 radical (unpaired) electrons. The van der Waals surface area contributed by atoms with Crippen molar-refractivity contribution < 1.29 is 4.79 Å². The van der Waals surface area contributed by atoms with Crippen LogP contribution in [0, 0.1) is 5.92 Å². The van der Waals surface area contributed by atoms with Gasteiger partial charge < -0.3 is 10.6 Å². The van der Waals surface area contributed by atoms with Gasteiger partial charge in [0.15, 0.2) is 0 Å². The first-order valence-corrected chi connectivity index (χ1v) is 7.18. The maximum atomic E-state index is 11.1. The predicted molar refractivity (Wildman–Crippen MR) is 79.1 cm³/mol. The number of anilines is 1. The third kappa shape index (κ3) is 4.06. The van der Waals surface area contributed by atoms with Crippen LogP contribution >= 0.6 is 0 Å². The van der Waals surface area contributed by atoms with E-state index in [2.05, 4.69) is 36.6 Å². The lowest BCUT2D eigenvalue weighted by Gasteiger charge is -2.20. The van der Waals surface area contributed by atoms with E-state index >= 15 is 0 Å². The number of carbonyl (C=O) groups excluding carboxylic acids is 1. The minimum Gasteiger partial charge on any atom is -0.326 e. The van der Waals surface area contributed by atoms with E-state index in [4.69, 9.17) is 0 Å². The first-order valence-electron chi connectivity index (χ1n) is 7.18. The maximum Gasteiger partial charge on any atom is 0.221 e. The molecule has 3 heteroatoms. The van der Waals surface area contributed by atoms with Gasteiger partial charge in [0.1, 0.15) is 0 Å². The molecule has 0 aromatic heterocycles. The number of hydrogen-bond acceptors (Lipinski definition) is 2. The van der Waals surface area contributed by atoms with Crippen LogP contribution in [0.15, 0.2) is 24.3 Å². The summed E-state index contributed by atoms with van der Waals surface area (Å²) in [7, 11) is 0. The topological polar surface area (TPSA) is 41.1 Å². The smallest absolute Gasteiger partial charge is 0.221 e. The monoisotopic (exact) mass is 260 g/mol. The molecule has 3 atom stereocenters. The van der Waals surface area contributed by atoms with Crippen LogP contribution in [0.25, 0.3) is 0 Å². The summed E-state index contributed by atoms with van der Waals surface area (Å²) in [6.45, 7) is 6.05. The van der Waals surface area contributed by atoms with Crippen LogP contribution in [0.5, 0.6) is 0 Å². The minimum absolute atomic E-state index is 0.0256. The van der Waals surface area contributed by atoms with Crippen molar-refractivity contribution in [3.8, 4) is 0 Å². The van der Waals surface area contributed by atoms with Gasteiger partial charge in [-0.25, -0.2) is 0 Å². The van der Waals surface area contributed by atoms with Gasteiger partial charge in [-0.2, -0.15) is 0 Å². The fourth-order valence-corrected chi connectivity index (χ4v) is 2.90. The molecule has 1 fully saturated rings. The fourth-order valence-electron chi connectivity index (χ4n) is 2.90. The number of carbonyl (C=O) groups is 1. The van der Waals surface area contributed by atoms with E-state index in [0.717, 1.165) is 11.6 Å². The van der Waals surface area contributed by atoms with Crippen molar-refractivity contribution >= 4 is 11.6 Å². The Morgan fingerprint density at radius 3 is 2.79 bits per heavy atom. The molecule has 3 nitrogen and oxygen atoms in total. The van der Waals surface area contributed by atoms with Gasteiger partial charge in [0.25, 0.3) is 0 Å². The molecule has 1 saturated carbocycles. The first kappa shape index (κ1) is 14.1. The number of rotatable bonds is 4. The zero-order valence-electron chi connectivity index (χ0n) is 12.1. The molecule has 0 bridgehead atoms. The largest absolute Gasteiger partial charge is 0.326 e. The van der Waals surface area contributed by atoms with Gasteiger partial charge in [-0.15, -0.1) is 0 Å². The summed E-state index contributed by atoms with van der Waals surface area (Å²) in [5.74, 6) is 0.817. The normalized spacial score (nSPS) is 24.2. The molecule has 0 aliphatic heterocycles. The molecule has 1 aliphatic rings. The van der Waals surface area contributed by atoms with E-state index in [0.29, 0.717) is 12.1 Å². The van der Waals surface area contributed by atoms with Crippen LogP contribution in [0.2, 0.25) is 0 Å². The van der Waals surface area contributed by atoms with Crippen molar-refractivity contribution in [2.75, 3.05) is 5.32 Å². The molecule has 19 heavy (non-hydrogen) atoms. The summed E-state index contributed by atoms with van der Waals surface area (Å²) in [5.41, 5.74) is 2.10. The van der Waals surface area contributed by atoms with Crippen LogP contribution in [0.1, 0.15) is 51.6 Å². The summed E-state index contributed by atoms with van der Waals surface area (Å²) in [5, 5.41) is 6.53. The van der Waals surface area contributed by atoms with Crippen molar-refractivity contribution in [3.05, 3.63) is 29.8 Å². The Labute approximate surface area is 115 Å². The van der Waals surface area contributed by atoms with Crippen molar-refractivity contribution in [2.24, 2.45) is 5.92 Å². The van der Waals surface area contributed by atoms with Crippen molar-refractivity contribution in [1.82, 2.24) is 5.32 Å². The standard InChI is InChI=1S/C16H24N2O/c1-11-7-8-16(9-11)17-12(2)14-5-4-6-15(10-14)18-13(3)19/h4-6,10-12,16-17H,7-9H2,1-3H3,(H,18,19). The summed E-state index contributed by atoms with van der Waals surface area (Å²) in [6.07, 6.45) is 3.88. The van der Waals surface area contributed by atoms with E-state index in [1.807, 2.05) is 12.1 Å². The third-order valence-corrected chi connectivity index (χ3v) is 3.89. The lowest BCUT2D eigenvalue weighted by atomic mass is 10.1. The Balaban J connectivity index is 1.98. The number of amides is 1. The summed E-state index contributed by atoms with van der Waals surface area (Å²) in [6, 6.07) is 9.04. The molecule has 1 aromatic carbocycles. The Bertz CT molecular complexity index is 444. The van der Waals surface area contributed by atoms with Gasteiger partial charge in [-0.05, 0) is 49.8 Å². The number of nitrogens with one attached hydrogen (secondary N) is 2. The quantitative estimate of drug-likeness (QED) is 0.870. The highest BCUT2D eigenvalue weighted by molar-refractivity contribution is 5.88. The molecule has 1 aliphatic carbocycles. The van der Waals surface area contributed by atoms with Crippen LogP contribution in [0.3, 0.4) is 0 Å². The first-order chi connectivity index (χ1) is 9.04. The summed E-state index contributed by atoms with van der Waals surface area (Å²) < 4.78 is 0. The minimum atomic E-state index is -0.0256. The number of benzene rings is 1. The van der Waals surface area contributed by atoms with Crippen molar-refractivity contribution in [1.29, 1.82) is 0 Å². The van der Waals surface area contributed by atoms with Crippen molar-refractivity contribution in [3.63, 3.8) is 0 Å². The molecule has 0 spiro atoms. The highest BCUT2D eigenvalue weighted by Gasteiger charge is 2.22. The Hall–Kier alpha value is -1.35. The molecule has 3 unspecified atom stereocenters. The van der Waals surface area contributed by atoms with E-state index in [9.17, 15) is 4.79 Å². The Morgan fingerprint density at radius 1 is 1.37 bits per heavy atom. The van der Waals surface area contributed by atoms with E-state index in [1.165, 1.54) is 31.7 Å². The number of hydrogen-bond donors (Lipinski definition) is 2. The molecular weight excluding hydrogens is 236 g/mol. The summed E-state index contributed by atoms with van der Waals surface area (Å²) >= 11 is 0. The molecular formula is C16H24N2O. The SMILES string of the molecule is CC(=O)Nc1cccc(C(C)NC2CCC(C)C2)c1. The molecule has 104 valence electrons. The highest BCUT2D eigenvalue weighted by Crippen LogP contribution is 2.27. The van der Waals surface area contributed by atoms with Gasteiger partial charge in [0.05, 0.1) is 0 Å². The van der Waals surface area contributed by atoms with E-state index in [1.54, 1.807) is 0 Å². The fraction of sp³-hybridized carbons (Fsp3) is 0.562. The highest BCUT2D eigenvalue weighted by atomic mass is 16.1. The average Bonchev–Trinajstić information content (AvgIpc) is 2.74. The van der Waals surface area contributed by atoms with Gasteiger partial charge in [0, 0.05) is 24.7 Å². The van der Waals surface area contributed by atoms with Crippen LogP contribution in [-0.4, -0.2) is 11.9 Å². The second-order valence-corrected chi connectivity index (χ2v) is 5.81. The van der Waals surface area contributed by atoms with Gasteiger partial charge >= 0.3 is 0 Å². The third-order valence-electron chi connectivity index (χ3n) is 3.89. The van der Waals surface area contributed by atoms with E-state index in [-0.39, 0.29) is 5.91 Å². The van der Waals surface area contributed by atoms with Crippen LogP contribution < -0.4 is 10.6 Å². The zero-order valence-corrected chi connectivity index (χ0v) is 12.1. The van der Waals surface area contributed by atoms with Gasteiger partial charge in [-0.1, -0.05) is 19.1 Å². The Morgan fingerprint density at radius 2 is 2.16 bits per heavy atom. The average molecular weight is 260 g/mol. The lowest BCUT2D eigenvalue weighted by Crippen LogP contribution is -2.29. The Kier molecular flexibility index (Phi) is 4.59. The molecule has 2 N–H and O–H groups in total. The second kappa shape index (κ2) is 6.20. The van der Waals surface area contributed by atoms with Gasteiger partial charge in [0.2, 0.25) is 5.91 Å². The predicted octanol–water partition coefficient (Wildman–Crippen LogP) is 3.48. The lowest BCUT2D eigenvalue weighted by molar-refractivity contribution is -0.114. The maximum absolute atomic E-state index is 11.1. The molecule has 1 amide bonds.